The molecule has 1 amide bonds. The number of hydrogen-bond acceptors (Lipinski definition) is 6. The Balaban J connectivity index is 0.00000204. The summed E-state index contributed by atoms with van der Waals surface area (Å²) in [6.45, 7) is 7.11. The molecule has 1 fully saturated rings. The van der Waals surface area contributed by atoms with Crippen molar-refractivity contribution in [1.29, 1.82) is 5.26 Å². The zero-order valence-electron chi connectivity index (χ0n) is 18.6. The molecule has 1 aliphatic heterocycles. The molecule has 182 valence electrons. The highest BCUT2D eigenvalue weighted by molar-refractivity contribution is 6.32. The van der Waals surface area contributed by atoms with Crippen LogP contribution in [0.1, 0.15) is 28.7 Å². The fraction of sp³-hybridized carbons (Fsp3) is 0.364. The van der Waals surface area contributed by atoms with E-state index in [1.54, 1.807) is 16.8 Å². The predicted molar refractivity (Wildman–Crippen MR) is 136 cm³/mol. The Morgan fingerprint density at radius 1 is 1.26 bits per heavy atom. The Hall–Kier alpha value is -2.61. The number of benzene rings is 1. The van der Waals surface area contributed by atoms with E-state index in [2.05, 4.69) is 30.8 Å². The van der Waals surface area contributed by atoms with Crippen molar-refractivity contribution in [3.05, 3.63) is 58.5 Å². The lowest BCUT2D eigenvalue weighted by molar-refractivity contribution is 0.0931. The first-order chi connectivity index (χ1) is 15.5. The number of piperazine rings is 1. The van der Waals surface area contributed by atoms with Crippen LogP contribution < -0.4 is 10.6 Å². The summed E-state index contributed by atoms with van der Waals surface area (Å²) in [6.07, 6.45) is 1.85. The summed E-state index contributed by atoms with van der Waals surface area (Å²) >= 11 is 6.12. The van der Waals surface area contributed by atoms with Crippen LogP contribution in [0.3, 0.4) is 0 Å². The van der Waals surface area contributed by atoms with Crippen LogP contribution in [0.15, 0.2) is 36.5 Å². The normalized spacial score (nSPS) is 14.4. The van der Waals surface area contributed by atoms with E-state index in [1.165, 1.54) is 0 Å². The lowest BCUT2D eigenvalue weighted by Gasteiger charge is -2.26. The topological polar surface area (TPSA) is 115 Å². The highest BCUT2D eigenvalue weighted by Gasteiger charge is 2.16. The molecule has 0 unspecified atom stereocenters. The zero-order valence-corrected chi connectivity index (χ0v) is 21.0. The van der Waals surface area contributed by atoms with E-state index in [9.17, 15) is 4.79 Å². The van der Waals surface area contributed by atoms with Gasteiger partial charge in [-0.3, -0.25) is 19.5 Å². The molecule has 4 rings (SSSR count). The second kappa shape index (κ2) is 12.7. The van der Waals surface area contributed by atoms with E-state index < -0.39 is 0 Å². The number of carbonyl (C=O) groups excluding carboxylic acids is 1. The van der Waals surface area contributed by atoms with Gasteiger partial charge in [0.05, 0.1) is 28.5 Å². The van der Waals surface area contributed by atoms with Gasteiger partial charge in [-0.05, 0) is 31.2 Å². The standard InChI is InChI=1S/C22H25ClN8O.2ClH/c1-15(13-31-7-4-20(29-31)16-2-3-17(12-24)19(23)10-16)26-22(32)21-11-18(27-28-21)14-30-8-5-25-6-9-30;;/h2-4,7,10-11,15,25H,5-6,8-9,13-14H2,1H3,(H,26,32)(H,27,28);2*1H/t15-;;/m1../s1. The second-order valence-corrected chi connectivity index (χ2v) is 8.32. The van der Waals surface area contributed by atoms with E-state index in [-0.39, 0.29) is 36.8 Å². The third kappa shape index (κ3) is 6.95. The van der Waals surface area contributed by atoms with E-state index in [1.807, 2.05) is 37.4 Å². The SMILES string of the molecule is C[C@H](Cn1ccc(-c2ccc(C#N)c(Cl)c2)n1)NC(=O)c1cc(CN2CCNCC2)[nH]n1.Cl.Cl. The number of hydrogen-bond donors (Lipinski definition) is 3. The van der Waals surface area contributed by atoms with Crippen molar-refractivity contribution in [2.45, 2.75) is 26.1 Å². The van der Waals surface area contributed by atoms with Crippen LogP contribution in [0.4, 0.5) is 0 Å². The quantitative estimate of drug-likeness (QED) is 0.437. The molecule has 0 bridgehead atoms. The van der Waals surface area contributed by atoms with Crippen LogP contribution in [0.2, 0.25) is 5.02 Å². The van der Waals surface area contributed by atoms with Gasteiger partial charge < -0.3 is 10.6 Å². The first-order valence-electron chi connectivity index (χ1n) is 10.5. The van der Waals surface area contributed by atoms with Crippen molar-refractivity contribution in [1.82, 2.24) is 35.5 Å². The highest BCUT2D eigenvalue weighted by atomic mass is 35.5. The average molecular weight is 526 g/mol. The Bertz CT molecular complexity index is 1130. The van der Waals surface area contributed by atoms with Crippen LogP contribution in [0.25, 0.3) is 11.3 Å². The lowest BCUT2D eigenvalue weighted by atomic mass is 10.1. The maximum absolute atomic E-state index is 12.6. The van der Waals surface area contributed by atoms with Gasteiger partial charge in [-0.15, -0.1) is 24.8 Å². The summed E-state index contributed by atoms with van der Waals surface area (Å²) in [5.41, 5.74) is 3.33. The van der Waals surface area contributed by atoms with Crippen LogP contribution in [0, 0.1) is 11.3 Å². The van der Waals surface area contributed by atoms with Crippen molar-refractivity contribution in [3.8, 4) is 17.3 Å². The average Bonchev–Trinajstić information content (AvgIpc) is 3.44. The molecule has 1 saturated heterocycles. The van der Waals surface area contributed by atoms with E-state index in [4.69, 9.17) is 16.9 Å². The summed E-state index contributed by atoms with van der Waals surface area (Å²) in [6, 6.07) is 10.8. The third-order valence-electron chi connectivity index (χ3n) is 5.33. The molecule has 1 aromatic carbocycles. The maximum Gasteiger partial charge on any atom is 0.272 e. The Morgan fingerprint density at radius 3 is 2.74 bits per heavy atom. The molecule has 0 aliphatic carbocycles. The third-order valence-corrected chi connectivity index (χ3v) is 5.64. The molecule has 2 aromatic heterocycles. The van der Waals surface area contributed by atoms with Gasteiger partial charge in [0.25, 0.3) is 5.91 Å². The number of aromatic nitrogens is 4. The fourth-order valence-corrected chi connectivity index (χ4v) is 3.90. The summed E-state index contributed by atoms with van der Waals surface area (Å²) < 4.78 is 1.77. The molecule has 3 N–H and O–H groups in total. The zero-order chi connectivity index (χ0) is 22.5. The molecule has 12 heteroatoms. The number of nitrogens with one attached hydrogen (secondary N) is 3. The molecule has 0 radical (unpaired) electrons. The van der Waals surface area contributed by atoms with E-state index in [0.29, 0.717) is 22.8 Å². The van der Waals surface area contributed by atoms with Gasteiger partial charge in [-0.1, -0.05) is 17.7 Å². The summed E-state index contributed by atoms with van der Waals surface area (Å²) in [5, 5.41) is 27.4. The molecule has 9 nitrogen and oxygen atoms in total. The fourth-order valence-electron chi connectivity index (χ4n) is 3.68. The highest BCUT2D eigenvalue weighted by Crippen LogP contribution is 2.24. The van der Waals surface area contributed by atoms with Crippen LogP contribution >= 0.6 is 36.4 Å². The molecular formula is C22H27Cl3N8O. The van der Waals surface area contributed by atoms with Crippen molar-refractivity contribution < 1.29 is 4.79 Å². The maximum atomic E-state index is 12.6. The molecule has 3 heterocycles. The van der Waals surface area contributed by atoms with E-state index in [0.717, 1.165) is 49.7 Å². The van der Waals surface area contributed by atoms with Gasteiger partial charge in [0.1, 0.15) is 11.8 Å². The van der Waals surface area contributed by atoms with Gasteiger partial charge in [0.2, 0.25) is 0 Å². The number of amides is 1. The van der Waals surface area contributed by atoms with Crippen LogP contribution in [0.5, 0.6) is 0 Å². The molecule has 0 spiro atoms. The van der Waals surface area contributed by atoms with Crippen LogP contribution in [-0.2, 0) is 13.1 Å². The van der Waals surface area contributed by atoms with Gasteiger partial charge >= 0.3 is 0 Å². The monoisotopic (exact) mass is 524 g/mol. The van der Waals surface area contributed by atoms with Gasteiger partial charge in [-0.2, -0.15) is 15.5 Å². The molecule has 0 saturated carbocycles. The number of H-pyrrole nitrogens is 1. The minimum absolute atomic E-state index is 0. The molecular weight excluding hydrogens is 499 g/mol. The van der Waals surface area contributed by atoms with Crippen molar-refractivity contribution in [3.63, 3.8) is 0 Å². The second-order valence-electron chi connectivity index (χ2n) is 7.91. The van der Waals surface area contributed by atoms with Crippen molar-refractivity contribution in [2.24, 2.45) is 0 Å². The van der Waals surface area contributed by atoms with E-state index >= 15 is 0 Å². The Kier molecular flexibility index (Phi) is 10.4. The summed E-state index contributed by atoms with van der Waals surface area (Å²) in [7, 11) is 0. The number of nitrogens with zero attached hydrogens (tertiary/aromatic N) is 5. The van der Waals surface area contributed by atoms with Gasteiger partial charge in [-0.25, -0.2) is 0 Å². The molecule has 1 atom stereocenters. The molecule has 1 aliphatic rings. The minimum atomic E-state index is -0.216. The van der Waals surface area contributed by atoms with Crippen LogP contribution in [-0.4, -0.2) is 63.0 Å². The predicted octanol–water partition coefficient (Wildman–Crippen LogP) is 2.87. The summed E-state index contributed by atoms with van der Waals surface area (Å²) in [5.74, 6) is -0.216. The number of halogens is 3. The number of nitriles is 1. The minimum Gasteiger partial charge on any atom is -0.346 e. The largest absolute Gasteiger partial charge is 0.346 e. The number of aromatic amines is 1. The lowest BCUT2D eigenvalue weighted by Crippen LogP contribution is -2.42. The molecule has 34 heavy (non-hydrogen) atoms. The van der Waals surface area contributed by atoms with Gasteiger partial charge in [0, 0.05) is 50.5 Å². The number of rotatable bonds is 7. The van der Waals surface area contributed by atoms with Gasteiger partial charge in [0.15, 0.2) is 0 Å². The smallest absolute Gasteiger partial charge is 0.272 e. The molecule has 3 aromatic rings. The Morgan fingerprint density at radius 2 is 2.03 bits per heavy atom. The first kappa shape index (κ1) is 27.6. The van der Waals surface area contributed by atoms with Crippen molar-refractivity contribution in [2.75, 3.05) is 26.2 Å². The van der Waals surface area contributed by atoms with Crippen molar-refractivity contribution >= 4 is 42.3 Å². The number of carbonyl (C=O) groups is 1. The Labute approximate surface area is 215 Å². The summed E-state index contributed by atoms with van der Waals surface area (Å²) in [4.78, 5) is 14.9. The first-order valence-corrected chi connectivity index (χ1v) is 10.9.